The summed E-state index contributed by atoms with van der Waals surface area (Å²) in [7, 11) is -2.86. The molecule has 0 saturated carbocycles. The predicted molar refractivity (Wildman–Crippen MR) is 64.6 cm³/mol. The zero-order chi connectivity index (χ0) is 12.3. The van der Waals surface area contributed by atoms with E-state index >= 15 is 0 Å². The van der Waals surface area contributed by atoms with Crippen LogP contribution >= 0.6 is 0 Å². The van der Waals surface area contributed by atoms with E-state index in [1.54, 1.807) is 0 Å². The lowest BCUT2D eigenvalue weighted by Crippen LogP contribution is -2.49. The number of amides is 2. The molecule has 17 heavy (non-hydrogen) atoms. The van der Waals surface area contributed by atoms with Gasteiger partial charge in [0.1, 0.15) is 9.84 Å². The van der Waals surface area contributed by atoms with Crippen molar-refractivity contribution in [3.63, 3.8) is 0 Å². The quantitative estimate of drug-likeness (QED) is 0.609. The van der Waals surface area contributed by atoms with Gasteiger partial charge in [0.05, 0.1) is 11.5 Å². The van der Waals surface area contributed by atoms with Gasteiger partial charge in [-0.25, -0.2) is 13.2 Å². The van der Waals surface area contributed by atoms with E-state index in [1.807, 2.05) is 0 Å². The van der Waals surface area contributed by atoms with E-state index in [4.69, 9.17) is 0 Å². The van der Waals surface area contributed by atoms with Gasteiger partial charge < -0.3 is 16.0 Å². The first kappa shape index (κ1) is 12.6. The van der Waals surface area contributed by atoms with Crippen LogP contribution in [0, 0.1) is 0 Å². The van der Waals surface area contributed by atoms with Crippen LogP contribution in [0.4, 0.5) is 4.79 Å². The first-order chi connectivity index (χ1) is 8.05. The van der Waals surface area contributed by atoms with Crippen molar-refractivity contribution in [1.29, 1.82) is 0 Å². The van der Waals surface area contributed by atoms with Crippen LogP contribution in [0.1, 0.15) is 19.3 Å². The Morgan fingerprint density at radius 1 is 1.06 bits per heavy atom. The van der Waals surface area contributed by atoms with Crippen molar-refractivity contribution in [1.82, 2.24) is 16.0 Å². The van der Waals surface area contributed by atoms with E-state index in [0.717, 1.165) is 19.5 Å². The van der Waals surface area contributed by atoms with Gasteiger partial charge in [0.25, 0.3) is 0 Å². The second kappa shape index (κ2) is 5.22. The molecule has 98 valence electrons. The fourth-order valence-corrected chi connectivity index (χ4v) is 3.72. The lowest BCUT2D eigenvalue weighted by Gasteiger charge is -2.24. The summed E-state index contributed by atoms with van der Waals surface area (Å²) in [6, 6.07) is 0.0122. The minimum Gasteiger partial charge on any atom is -0.335 e. The third-order valence-corrected chi connectivity index (χ3v) is 5.00. The highest BCUT2D eigenvalue weighted by Gasteiger charge is 2.25. The average Bonchev–Trinajstić information content (AvgIpc) is 2.74. The fraction of sp³-hybridized carbons (Fsp3) is 0.900. The third-order valence-electron chi connectivity index (χ3n) is 3.29. The van der Waals surface area contributed by atoms with E-state index in [1.165, 1.54) is 0 Å². The summed E-state index contributed by atoms with van der Waals surface area (Å²) in [5, 5.41) is 8.90. The van der Waals surface area contributed by atoms with Crippen LogP contribution in [0.5, 0.6) is 0 Å². The van der Waals surface area contributed by atoms with Gasteiger partial charge in [-0.3, -0.25) is 0 Å². The monoisotopic (exact) mass is 261 g/mol. The normalized spacial score (nSPS) is 28.8. The Morgan fingerprint density at radius 3 is 2.29 bits per heavy atom. The summed E-state index contributed by atoms with van der Waals surface area (Å²) < 4.78 is 22.4. The number of sulfone groups is 1. The highest BCUT2D eigenvalue weighted by molar-refractivity contribution is 7.91. The van der Waals surface area contributed by atoms with Crippen LogP contribution < -0.4 is 16.0 Å². The number of nitrogens with one attached hydrogen (secondary N) is 3. The molecule has 0 radical (unpaired) electrons. The van der Waals surface area contributed by atoms with Gasteiger partial charge in [0, 0.05) is 18.6 Å². The van der Waals surface area contributed by atoms with E-state index in [0.29, 0.717) is 12.8 Å². The molecule has 2 rings (SSSR count). The number of carbonyl (C=O) groups excluding carboxylic acids is 1. The second-order valence-electron chi connectivity index (χ2n) is 4.73. The minimum absolute atomic E-state index is 0.00659. The smallest absolute Gasteiger partial charge is 0.315 e. The molecule has 0 aromatic heterocycles. The summed E-state index contributed by atoms with van der Waals surface area (Å²) >= 11 is 0. The number of carbonyl (C=O) groups is 1. The molecule has 2 heterocycles. The van der Waals surface area contributed by atoms with Gasteiger partial charge in [0.15, 0.2) is 0 Å². The Hall–Kier alpha value is -0.820. The topological polar surface area (TPSA) is 87.3 Å². The highest BCUT2D eigenvalue weighted by Crippen LogP contribution is 2.12. The van der Waals surface area contributed by atoms with E-state index in [2.05, 4.69) is 16.0 Å². The van der Waals surface area contributed by atoms with Crippen LogP contribution in [0.25, 0.3) is 0 Å². The molecule has 1 unspecified atom stereocenters. The summed E-state index contributed by atoms with van der Waals surface area (Å²) in [4.78, 5) is 11.6. The Morgan fingerprint density at radius 2 is 1.71 bits per heavy atom. The second-order valence-corrected chi connectivity index (χ2v) is 7.04. The van der Waals surface area contributed by atoms with Crippen molar-refractivity contribution in [2.75, 3.05) is 24.6 Å². The molecule has 0 aromatic rings. The van der Waals surface area contributed by atoms with Gasteiger partial charge in [0.2, 0.25) is 0 Å². The zero-order valence-electron chi connectivity index (χ0n) is 9.74. The molecular weight excluding hydrogens is 242 g/mol. The molecule has 0 aromatic carbocycles. The summed E-state index contributed by atoms with van der Waals surface area (Å²) in [5.41, 5.74) is 0. The molecule has 0 aliphatic carbocycles. The highest BCUT2D eigenvalue weighted by atomic mass is 32.2. The lowest BCUT2D eigenvalue weighted by atomic mass is 10.1. The predicted octanol–water partition coefficient (Wildman–Crippen LogP) is -0.775. The van der Waals surface area contributed by atoms with Gasteiger partial charge in [-0.05, 0) is 25.8 Å². The summed E-state index contributed by atoms with van der Waals surface area (Å²) in [6.07, 6.45) is 2.00. The van der Waals surface area contributed by atoms with Gasteiger partial charge in [-0.1, -0.05) is 0 Å². The van der Waals surface area contributed by atoms with Gasteiger partial charge in [-0.2, -0.15) is 0 Å². The Kier molecular flexibility index (Phi) is 3.88. The van der Waals surface area contributed by atoms with Crippen molar-refractivity contribution in [3.05, 3.63) is 0 Å². The van der Waals surface area contributed by atoms with Crippen molar-refractivity contribution in [3.8, 4) is 0 Å². The summed E-state index contributed by atoms with van der Waals surface area (Å²) in [6.45, 7) is 1.75. The largest absolute Gasteiger partial charge is 0.335 e. The Labute approximate surface area is 101 Å². The molecule has 7 heteroatoms. The molecule has 2 aliphatic rings. The lowest BCUT2D eigenvalue weighted by molar-refractivity contribution is 0.232. The molecular formula is C10H19N3O3S. The number of hydrogen-bond acceptors (Lipinski definition) is 4. The van der Waals surface area contributed by atoms with Crippen LogP contribution in [-0.4, -0.2) is 51.1 Å². The third kappa shape index (κ3) is 3.85. The maximum atomic E-state index is 11.6. The van der Waals surface area contributed by atoms with E-state index in [9.17, 15) is 13.2 Å². The first-order valence-electron chi connectivity index (χ1n) is 6.03. The van der Waals surface area contributed by atoms with Crippen LogP contribution in [0.15, 0.2) is 0 Å². The zero-order valence-corrected chi connectivity index (χ0v) is 10.6. The van der Waals surface area contributed by atoms with Crippen LogP contribution in [0.2, 0.25) is 0 Å². The molecule has 2 amide bonds. The van der Waals surface area contributed by atoms with Crippen molar-refractivity contribution < 1.29 is 13.2 Å². The molecule has 0 spiro atoms. The number of hydrogen-bond donors (Lipinski definition) is 3. The maximum absolute atomic E-state index is 11.6. The molecule has 2 aliphatic heterocycles. The summed E-state index contributed by atoms with van der Waals surface area (Å²) in [5.74, 6) is 0.367. The van der Waals surface area contributed by atoms with Crippen molar-refractivity contribution in [2.45, 2.75) is 31.3 Å². The van der Waals surface area contributed by atoms with E-state index < -0.39 is 9.84 Å². The average molecular weight is 261 g/mol. The van der Waals surface area contributed by atoms with Crippen molar-refractivity contribution in [2.24, 2.45) is 0 Å². The Bertz CT molecular complexity index is 362. The van der Waals surface area contributed by atoms with Crippen LogP contribution in [0.3, 0.4) is 0 Å². The molecule has 0 bridgehead atoms. The van der Waals surface area contributed by atoms with Crippen molar-refractivity contribution >= 4 is 15.9 Å². The Balaban J connectivity index is 1.72. The van der Waals surface area contributed by atoms with Gasteiger partial charge in [-0.15, -0.1) is 0 Å². The van der Waals surface area contributed by atoms with Crippen LogP contribution in [-0.2, 0) is 9.84 Å². The van der Waals surface area contributed by atoms with Gasteiger partial charge >= 0.3 is 6.03 Å². The molecule has 6 nitrogen and oxygen atoms in total. The fourth-order valence-electron chi connectivity index (χ4n) is 2.22. The molecule has 3 N–H and O–H groups in total. The molecule has 1 atom stereocenters. The molecule has 2 saturated heterocycles. The standard InChI is InChI=1S/C10H19N3O3S/c14-10(13-9-1-4-11-7-9)12-8-2-5-17(15,16)6-3-8/h8-9,11H,1-7H2,(H2,12,13,14). The van der Waals surface area contributed by atoms with E-state index in [-0.39, 0.29) is 29.6 Å². The number of urea groups is 1. The SMILES string of the molecule is O=C(NC1CCS(=O)(=O)CC1)NC1CCNC1. The first-order valence-corrected chi connectivity index (χ1v) is 7.85. The molecule has 2 fully saturated rings. The maximum Gasteiger partial charge on any atom is 0.315 e. The minimum atomic E-state index is -2.86. The number of rotatable bonds is 2.